The van der Waals surface area contributed by atoms with Crippen molar-refractivity contribution in [2.45, 2.75) is 19.1 Å². The van der Waals surface area contributed by atoms with Gasteiger partial charge in [-0.25, -0.2) is 9.78 Å². The number of carbonyl (C=O) groups excluding carboxylic acids is 2. The first-order valence-corrected chi connectivity index (χ1v) is 10.7. The van der Waals surface area contributed by atoms with E-state index >= 15 is 0 Å². The van der Waals surface area contributed by atoms with Gasteiger partial charge in [-0.1, -0.05) is 12.1 Å². The number of benzene rings is 2. The van der Waals surface area contributed by atoms with Gasteiger partial charge in [0.25, 0.3) is 5.91 Å². The number of nitrogens with zero attached hydrogens (tertiary/aromatic N) is 2. The Kier molecular flexibility index (Phi) is 6.63. The fraction of sp³-hybridized carbons (Fsp3) is 0.240. The smallest absolute Gasteiger partial charge is 0.416 e. The minimum absolute atomic E-state index is 0.118. The predicted molar refractivity (Wildman–Crippen MR) is 123 cm³/mol. The number of carbonyl (C=O) groups is 2. The highest BCUT2D eigenvalue weighted by atomic mass is 19.4. The van der Waals surface area contributed by atoms with E-state index < -0.39 is 23.6 Å². The van der Waals surface area contributed by atoms with Crippen molar-refractivity contribution in [3.8, 4) is 5.75 Å². The first-order chi connectivity index (χ1) is 16.7. The number of rotatable bonds is 5. The van der Waals surface area contributed by atoms with Crippen LogP contribution in [0.4, 0.5) is 24.7 Å². The molecule has 4 rings (SSSR count). The molecular formula is C25H22F3N3O4. The van der Waals surface area contributed by atoms with Crippen LogP contribution >= 0.6 is 0 Å². The molecule has 1 aromatic heterocycles. The normalized spacial score (nSPS) is 13.9. The number of halogens is 3. The van der Waals surface area contributed by atoms with E-state index in [2.05, 4.69) is 10.3 Å². The Labute approximate surface area is 199 Å². The minimum Gasteiger partial charge on any atom is -0.489 e. The zero-order chi connectivity index (χ0) is 25.2. The van der Waals surface area contributed by atoms with E-state index in [0.717, 1.165) is 29.8 Å². The van der Waals surface area contributed by atoms with Gasteiger partial charge in [0.1, 0.15) is 18.0 Å². The molecule has 2 heterocycles. The summed E-state index contributed by atoms with van der Waals surface area (Å²) in [7, 11) is 1.31. The molecule has 1 N–H and O–H groups in total. The van der Waals surface area contributed by atoms with Crippen LogP contribution in [0.3, 0.4) is 0 Å². The maximum absolute atomic E-state index is 13.3. The number of nitrogens with one attached hydrogen (secondary N) is 1. The van der Waals surface area contributed by atoms with Crippen molar-refractivity contribution in [2.24, 2.45) is 0 Å². The van der Waals surface area contributed by atoms with Crippen molar-refractivity contribution < 1.29 is 32.2 Å². The lowest BCUT2D eigenvalue weighted by atomic mass is 10.1. The Balaban J connectivity index is 1.60. The number of alkyl halides is 3. The molecule has 35 heavy (non-hydrogen) atoms. The van der Waals surface area contributed by atoms with Gasteiger partial charge < -0.3 is 14.8 Å². The Morgan fingerprint density at radius 2 is 1.71 bits per heavy atom. The Morgan fingerprint density at radius 3 is 2.34 bits per heavy atom. The van der Waals surface area contributed by atoms with E-state index in [4.69, 9.17) is 9.47 Å². The second kappa shape index (κ2) is 9.65. The molecule has 1 atom stereocenters. The molecule has 0 aliphatic carbocycles. The summed E-state index contributed by atoms with van der Waals surface area (Å²) in [6.07, 6.45) is -2.94. The van der Waals surface area contributed by atoms with E-state index in [0.29, 0.717) is 22.8 Å². The van der Waals surface area contributed by atoms with Crippen molar-refractivity contribution in [3.63, 3.8) is 0 Å². The largest absolute Gasteiger partial charge is 0.489 e. The van der Waals surface area contributed by atoms with Gasteiger partial charge in [0.15, 0.2) is 5.82 Å². The number of hydrogen-bond acceptors (Lipinski definition) is 6. The number of hydrogen-bond donors (Lipinski definition) is 1. The van der Waals surface area contributed by atoms with Crippen LogP contribution in [0.1, 0.15) is 44.8 Å². The topological polar surface area (TPSA) is 80.8 Å². The quantitative estimate of drug-likeness (QED) is 0.507. The average Bonchev–Trinajstić information content (AvgIpc) is 2.87. The highest BCUT2D eigenvalue weighted by Crippen LogP contribution is 2.39. The van der Waals surface area contributed by atoms with Gasteiger partial charge in [0.2, 0.25) is 0 Å². The zero-order valence-electron chi connectivity index (χ0n) is 18.9. The number of ether oxygens (including phenoxy) is 2. The molecule has 0 spiro atoms. The first kappa shape index (κ1) is 24.1. The molecule has 182 valence electrons. The number of anilines is 2. The Bertz CT molecular complexity index is 1230. The number of fused-ring (bicyclic) bond motifs is 1. The monoisotopic (exact) mass is 485 g/mol. The van der Waals surface area contributed by atoms with Crippen molar-refractivity contribution in [2.75, 3.05) is 30.5 Å². The Hall–Kier alpha value is -4.08. The number of amides is 1. The van der Waals surface area contributed by atoms with E-state index in [1.54, 1.807) is 36.5 Å². The molecule has 0 fully saturated rings. The zero-order valence-corrected chi connectivity index (χ0v) is 18.9. The predicted octanol–water partition coefficient (Wildman–Crippen LogP) is 5.10. The van der Waals surface area contributed by atoms with Crippen LogP contribution in [0.25, 0.3) is 0 Å². The molecule has 7 nitrogen and oxygen atoms in total. The molecular weight excluding hydrogens is 463 g/mol. The molecule has 1 unspecified atom stereocenters. The van der Waals surface area contributed by atoms with Gasteiger partial charge in [0.05, 0.1) is 30.8 Å². The molecule has 1 aliphatic rings. The van der Waals surface area contributed by atoms with Crippen LogP contribution in [-0.4, -0.2) is 37.1 Å². The summed E-state index contributed by atoms with van der Waals surface area (Å²) in [4.78, 5) is 30.8. The number of pyridine rings is 1. The molecule has 0 bridgehead atoms. The summed E-state index contributed by atoms with van der Waals surface area (Å²) < 4.78 is 49.2. The van der Waals surface area contributed by atoms with Gasteiger partial charge in [-0.15, -0.1) is 0 Å². The Morgan fingerprint density at radius 1 is 1.06 bits per heavy atom. The van der Waals surface area contributed by atoms with Crippen LogP contribution in [0.2, 0.25) is 0 Å². The van der Waals surface area contributed by atoms with Crippen molar-refractivity contribution in [1.82, 2.24) is 4.98 Å². The number of aromatic nitrogens is 1. The van der Waals surface area contributed by atoms with E-state index in [1.807, 2.05) is 6.92 Å². The second-order valence-electron chi connectivity index (χ2n) is 7.87. The molecule has 1 amide bonds. The lowest BCUT2D eigenvalue weighted by Gasteiger charge is -2.31. The van der Waals surface area contributed by atoms with Gasteiger partial charge >= 0.3 is 12.1 Å². The average molecular weight is 485 g/mol. The molecule has 1 aliphatic heterocycles. The molecule has 0 radical (unpaired) electrons. The highest BCUT2D eigenvalue weighted by molar-refractivity contribution is 6.08. The summed E-state index contributed by atoms with van der Waals surface area (Å²) in [5.74, 6) is -0.0887. The molecule has 3 aromatic rings. The molecule has 0 saturated heterocycles. The first-order valence-electron chi connectivity index (χ1n) is 10.7. The molecule has 2 aromatic carbocycles. The van der Waals surface area contributed by atoms with Gasteiger partial charge in [-0.2, -0.15) is 13.2 Å². The SMILES string of the molecule is COC(=O)c1ccc(C(C)Nc2nccc3c2N(C(=O)c2ccc(C(F)(F)F)cc2)CCO3)cc1. The number of methoxy groups -OCH3 is 1. The maximum atomic E-state index is 13.3. The van der Waals surface area contributed by atoms with Crippen molar-refractivity contribution >= 4 is 23.4 Å². The lowest BCUT2D eigenvalue weighted by molar-refractivity contribution is -0.137. The maximum Gasteiger partial charge on any atom is 0.416 e. The van der Waals surface area contributed by atoms with Crippen molar-refractivity contribution in [3.05, 3.63) is 83.0 Å². The highest BCUT2D eigenvalue weighted by Gasteiger charge is 2.32. The fourth-order valence-electron chi connectivity index (χ4n) is 3.75. The van der Waals surface area contributed by atoms with E-state index in [1.165, 1.54) is 12.0 Å². The van der Waals surface area contributed by atoms with Crippen LogP contribution in [0.15, 0.2) is 60.8 Å². The van der Waals surface area contributed by atoms with Gasteiger partial charge in [-0.05, 0) is 48.9 Å². The summed E-state index contributed by atoms with van der Waals surface area (Å²) in [5, 5.41) is 3.26. The van der Waals surface area contributed by atoms with Crippen molar-refractivity contribution in [1.29, 1.82) is 0 Å². The minimum atomic E-state index is -4.49. The van der Waals surface area contributed by atoms with Crippen LogP contribution in [0.5, 0.6) is 5.75 Å². The van der Waals surface area contributed by atoms with E-state index in [9.17, 15) is 22.8 Å². The third-order valence-corrected chi connectivity index (χ3v) is 5.62. The lowest BCUT2D eigenvalue weighted by Crippen LogP contribution is -2.38. The third-order valence-electron chi connectivity index (χ3n) is 5.62. The van der Waals surface area contributed by atoms with Gasteiger partial charge in [0, 0.05) is 17.8 Å². The molecule has 10 heteroatoms. The summed E-state index contributed by atoms with van der Waals surface area (Å²) in [6, 6.07) is 12.3. The summed E-state index contributed by atoms with van der Waals surface area (Å²) >= 11 is 0. The summed E-state index contributed by atoms with van der Waals surface area (Å²) in [6.45, 7) is 2.32. The van der Waals surface area contributed by atoms with Crippen LogP contribution < -0.4 is 15.0 Å². The third kappa shape index (κ3) is 5.06. The molecule has 0 saturated carbocycles. The second-order valence-corrected chi connectivity index (χ2v) is 7.87. The van der Waals surface area contributed by atoms with E-state index in [-0.39, 0.29) is 24.8 Å². The van der Waals surface area contributed by atoms with Crippen LogP contribution in [-0.2, 0) is 10.9 Å². The number of esters is 1. The fourth-order valence-corrected chi connectivity index (χ4v) is 3.75. The standard InChI is InChI=1S/C25H22F3N3O4/c1-15(16-3-5-18(6-4-16)24(33)34-2)30-22-21-20(11-12-29-22)35-14-13-31(21)23(32)17-7-9-19(10-8-17)25(26,27)28/h3-12,15H,13-14H2,1-2H3,(H,29,30). The van der Waals surface area contributed by atoms with Gasteiger partial charge in [-0.3, -0.25) is 9.69 Å². The van der Waals surface area contributed by atoms with Crippen LogP contribution in [0, 0.1) is 0 Å². The summed E-state index contributed by atoms with van der Waals surface area (Å²) in [5.41, 5.74) is 0.969.